The van der Waals surface area contributed by atoms with Crippen molar-refractivity contribution < 1.29 is 9.53 Å². The van der Waals surface area contributed by atoms with Gasteiger partial charge in [0, 0.05) is 16.1 Å². The Morgan fingerprint density at radius 3 is 2.95 bits per heavy atom. The molecule has 1 amide bonds. The molecule has 0 aliphatic carbocycles. The van der Waals surface area contributed by atoms with Crippen LogP contribution in [0, 0.1) is 0 Å². The number of fused-ring (bicyclic) bond motifs is 1. The van der Waals surface area contributed by atoms with E-state index in [0.29, 0.717) is 16.5 Å². The molecule has 1 heterocycles. The molecule has 3 aromatic rings. The van der Waals surface area contributed by atoms with Gasteiger partial charge in [0.2, 0.25) is 5.91 Å². The zero-order valence-electron chi connectivity index (χ0n) is 11.9. The smallest absolute Gasteiger partial charge is 0.228 e. The summed E-state index contributed by atoms with van der Waals surface area (Å²) in [6, 6.07) is 10.8. The van der Waals surface area contributed by atoms with Gasteiger partial charge in [-0.05, 0) is 35.9 Å². The van der Waals surface area contributed by atoms with Gasteiger partial charge < -0.3 is 10.1 Å². The average Bonchev–Trinajstić information content (AvgIpc) is 2.96. The molecule has 3 rings (SSSR count). The summed E-state index contributed by atoms with van der Waals surface area (Å²) in [4.78, 5) is 12.1. The predicted octanol–water partition coefficient (Wildman–Crippen LogP) is 3.41. The minimum Gasteiger partial charge on any atom is -0.497 e. The van der Waals surface area contributed by atoms with Crippen molar-refractivity contribution >= 4 is 34.1 Å². The van der Waals surface area contributed by atoms with Crippen LogP contribution in [0.2, 0.25) is 5.02 Å². The molecule has 6 heteroatoms. The van der Waals surface area contributed by atoms with Gasteiger partial charge in [-0.1, -0.05) is 17.7 Å². The average molecular weight is 316 g/mol. The number of hydrogen-bond donors (Lipinski definition) is 2. The summed E-state index contributed by atoms with van der Waals surface area (Å²) >= 11 is 6.15. The number of benzene rings is 2. The van der Waals surface area contributed by atoms with Crippen molar-refractivity contribution in [2.75, 3.05) is 12.4 Å². The Bertz CT molecular complexity index is 829. The van der Waals surface area contributed by atoms with E-state index in [1.807, 2.05) is 18.2 Å². The van der Waals surface area contributed by atoms with Gasteiger partial charge in [0.25, 0.3) is 0 Å². The number of amides is 1. The third kappa shape index (κ3) is 3.04. The highest BCUT2D eigenvalue weighted by atomic mass is 35.5. The molecule has 0 saturated carbocycles. The van der Waals surface area contributed by atoms with E-state index >= 15 is 0 Å². The maximum absolute atomic E-state index is 12.1. The lowest BCUT2D eigenvalue weighted by Crippen LogP contribution is -2.14. The Labute approximate surface area is 132 Å². The normalized spacial score (nSPS) is 10.6. The summed E-state index contributed by atoms with van der Waals surface area (Å²) in [5.74, 6) is 0.532. The highest BCUT2D eigenvalue weighted by Crippen LogP contribution is 2.23. The van der Waals surface area contributed by atoms with Crippen molar-refractivity contribution in [3.05, 3.63) is 53.2 Å². The lowest BCUT2D eigenvalue weighted by molar-refractivity contribution is -0.115. The van der Waals surface area contributed by atoms with Crippen LogP contribution in [0.15, 0.2) is 42.6 Å². The number of carbonyl (C=O) groups is 1. The SMILES string of the molecule is COc1ccc(CC(=O)Nc2ccc3cn[nH]c3c2)c(Cl)c1. The molecule has 0 unspecified atom stereocenters. The molecule has 5 nitrogen and oxygen atoms in total. The van der Waals surface area contributed by atoms with Crippen LogP contribution in [-0.2, 0) is 11.2 Å². The van der Waals surface area contributed by atoms with E-state index < -0.39 is 0 Å². The first-order chi connectivity index (χ1) is 10.7. The highest BCUT2D eigenvalue weighted by Gasteiger charge is 2.09. The molecule has 1 aromatic heterocycles. The number of aromatic amines is 1. The van der Waals surface area contributed by atoms with Crippen LogP contribution in [0.25, 0.3) is 10.9 Å². The quantitative estimate of drug-likeness (QED) is 0.775. The second-order valence-corrected chi connectivity index (χ2v) is 5.26. The Kier molecular flexibility index (Phi) is 3.98. The fourth-order valence-electron chi connectivity index (χ4n) is 2.19. The predicted molar refractivity (Wildman–Crippen MR) is 86.4 cm³/mol. The summed E-state index contributed by atoms with van der Waals surface area (Å²) in [6.07, 6.45) is 1.93. The summed E-state index contributed by atoms with van der Waals surface area (Å²) in [7, 11) is 1.57. The van der Waals surface area contributed by atoms with Gasteiger partial charge in [0.05, 0.1) is 25.2 Å². The number of halogens is 1. The van der Waals surface area contributed by atoms with E-state index in [4.69, 9.17) is 16.3 Å². The van der Waals surface area contributed by atoms with E-state index in [1.165, 1.54) is 0 Å². The lowest BCUT2D eigenvalue weighted by Gasteiger charge is -2.08. The molecule has 22 heavy (non-hydrogen) atoms. The van der Waals surface area contributed by atoms with Crippen LogP contribution < -0.4 is 10.1 Å². The number of nitrogens with zero attached hydrogens (tertiary/aromatic N) is 1. The molecule has 2 aromatic carbocycles. The topological polar surface area (TPSA) is 67.0 Å². The van der Waals surface area contributed by atoms with Crippen molar-refractivity contribution in [1.29, 1.82) is 0 Å². The van der Waals surface area contributed by atoms with E-state index in [2.05, 4.69) is 15.5 Å². The number of anilines is 1. The molecule has 0 atom stereocenters. The van der Waals surface area contributed by atoms with Gasteiger partial charge in [-0.3, -0.25) is 9.89 Å². The number of aromatic nitrogens is 2. The number of nitrogens with one attached hydrogen (secondary N) is 2. The van der Waals surface area contributed by atoms with Crippen molar-refractivity contribution in [2.24, 2.45) is 0 Å². The molecule has 0 bridgehead atoms. The Morgan fingerprint density at radius 2 is 2.18 bits per heavy atom. The van der Waals surface area contributed by atoms with Crippen LogP contribution in [0.4, 0.5) is 5.69 Å². The van der Waals surface area contributed by atoms with E-state index in [0.717, 1.165) is 16.5 Å². The number of methoxy groups -OCH3 is 1. The molecule has 0 saturated heterocycles. The summed E-state index contributed by atoms with van der Waals surface area (Å²) in [5.41, 5.74) is 2.34. The maximum Gasteiger partial charge on any atom is 0.228 e. The van der Waals surface area contributed by atoms with Gasteiger partial charge in [0.15, 0.2) is 0 Å². The maximum atomic E-state index is 12.1. The lowest BCUT2D eigenvalue weighted by atomic mass is 10.1. The molecule has 0 fully saturated rings. The monoisotopic (exact) mass is 315 g/mol. The summed E-state index contributed by atoms with van der Waals surface area (Å²) < 4.78 is 5.09. The Morgan fingerprint density at radius 1 is 1.32 bits per heavy atom. The van der Waals surface area contributed by atoms with Crippen LogP contribution in [-0.4, -0.2) is 23.2 Å². The van der Waals surface area contributed by atoms with Gasteiger partial charge >= 0.3 is 0 Å². The van der Waals surface area contributed by atoms with Crippen LogP contribution >= 0.6 is 11.6 Å². The Hall–Kier alpha value is -2.53. The summed E-state index contributed by atoms with van der Waals surface area (Å²) in [5, 5.41) is 11.2. The zero-order chi connectivity index (χ0) is 15.5. The van der Waals surface area contributed by atoms with Crippen molar-refractivity contribution in [3.63, 3.8) is 0 Å². The fourth-order valence-corrected chi connectivity index (χ4v) is 2.43. The largest absolute Gasteiger partial charge is 0.497 e. The number of ether oxygens (including phenoxy) is 1. The van der Waals surface area contributed by atoms with Crippen LogP contribution in [0.1, 0.15) is 5.56 Å². The standard InChI is InChI=1S/C16H14ClN3O2/c1-22-13-5-3-10(14(17)8-13)6-16(21)19-12-4-2-11-9-18-20-15(11)7-12/h2-5,7-9H,6H2,1H3,(H,18,20)(H,19,21). The first kappa shape index (κ1) is 14.4. The minimum atomic E-state index is -0.133. The van der Waals surface area contributed by atoms with E-state index in [9.17, 15) is 4.79 Å². The second-order valence-electron chi connectivity index (χ2n) is 4.85. The first-order valence-electron chi connectivity index (χ1n) is 6.71. The van der Waals surface area contributed by atoms with Gasteiger partial charge in [-0.15, -0.1) is 0 Å². The fraction of sp³-hybridized carbons (Fsp3) is 0.125. The molecule has 0 aliphatic heterocycles. The molecular weight excluding hydrogens is 302 g/mol. The third-order valence-corrected chi connectivity index (χ3v) is 3.69. The number of H-pyrrole nitrogens is 1. The number of hydrogen-bond acceptors (Lipinski definition) is 3. The molecule has 0 aliphatic rings. The number of rotatable bonds is 4. The summed E-state index contributed by atoms with van der Waals surface area (Å²) in [6.45, 7) is 0. The Balaban J connectivity index is 1.71. The molecule has 112 valence electrons. The van der Waals surface area contributed by atoms with Gasteiger partial charge in [-0.2, -0.15) is 5.10 Å². The molecule has 0 spiro atoms. The first-order valence-corrected chi connectivity index (χ1v) is 7.09. The van der Waals surface area contributed by atoms with E-state index in [-0.39, 0.29) is 12.3 Å². The second kappa shape index (κ2) is 6.07. The zero-order valence-corrected chi connectivity index (χ0v) is 12.6. The molecular formula is C16H14ClN3O2. The number of carbonyl (C=O) groups excluding carboxylic acids is 1. The van der Waals surface area contributed by atoms with Crippen LogP contribution in [0.3, 0.4) is 0 Å². The highest BCUT2D eigenvalue weighted by molar-refractivity contribution is 6.31. The van der Waals surface area contributed by atoms with E-state index in [1.54, 1.807) is 31.5 Å². The van der Waals surface area contributed by atoms with Crippen LogP contribution in [0.5, 0.6) is 5.75 Å². The molecule has 0 radical (unpaired) electrons. The van der Waals surface area contributed by atoms with Gasteiger partial charge in [0.1, 0.15) is 5.75 Å². The van der Waals surface area contributed by atoms with Gasteiger partial charge in [-0.25, -0.2) is 0 Å². The third-order valence-electron chi connectivity index (χ3n) is 3.34. The van der Waals surface area contributed by atoms with Crippen molar-refractivity contribution in [1.82, 2.24) is 10.2 Å². The van der Waals surface area contributed by atoms with Crippen molar-refractivity contribution in [2.45, 2.75) is 6.42 Å². The minimum absolute atomic E-state index is 0.133. The van der Waals surface area contributed by atoms with Crippen molar-refractivity contribution in [3.8, 4) is 5.75 Å². The molecule has 2 N–H and O–H groups in total.